The molecule has 8 aromatic carbocycles. The number of rotatable bonds is 11. The highest BCUT2D eigenvalue weighted by Crippen LogP contribution is 2.52. The third-order valence-electron chi connectivity index (χ3n) is 13.8. The molecule has 2 aromatic heterocycles. The Morgan fingerprint density at radius 1 is 0.366 bits per heavy atom. The number of nitrogens with zero attached hydrogens (tertiary/aromatic N) is 6. The standard InChI is InChI=1S/C65H50N6/c1-65(2)57-37-19-18-36-55(57)56-39-38-54(42-58(56)65)70(51-32-16-7-17-33-51)52-34-20-30-49(40-52)50-31-21-35-53(41-50)71(63-66-59(45-22-8-3-9-23-45)43-60(67-63)46-24-10-4-11-25-46)64-68-61(47-26-12-5-13-27-47)44-62(69-64)48-28-14-6-15-29-48/h3-18,20-36,38-44H,19,37H2,1-2H3. The average molecular weight is 915 g/mol. The van der Waals surface area contributed by atoms with Crippen LogP contribution < -0.4 is 9.80 Å². The van der Waals surface area contributed by atoms with E-state index < -0.39 is 0 Å². The Labute approximate surface area is 415 Å². The number of allylic oxidation sites excluding steroid dienone is 4. The maximum Gasteiger partial charge on any atom is 0.238 e. The molecule has 6 nitrogen and oxygen atoms in total. The van der Waals surface area contributed by atoms with Gasteiger partial charge in [-0.1, -0.05) is 201 Å². The van der Waals surface area contributed by atoms with Crippen molar-refractivity contribution in [2.45, 2.75) is 32.1 Å². The monoisotopic (exact) mass is 914 g/mol. The predicted molar refractivity (Wildman–Crippen MR) is 292 cm³/mol. The van der Waals surface area contributed by atoms with Crippen molar-refractivity contribution in [3.63, 3.8) is 0 Å². The zero-order chi connectivity index (χ0) is 47.7. The summed E-state index contributed by atoms with van der Waals surface area (Å²) >= 11 is 0. The Balaban J connectivity index is 1.03. The van der Waals surface area contributed by atoms with Crippen molar-refractivity contribution in [2.24, 2.45) is 0 Å². The molecule has 0 saturated heterocycles. The molecule has 2 aliphatic rings. The van der Waals surface area contributed by atoms with Gasteiger partial charge in [0.2, 0.25) is 11.9 Å². The van der Waals surface area contributed by atoms with Gasteiger partial charge in [0.15, 0.2) is 0 Å². The van der Waals surface area contributed by atoms with E-state index in [9.17, 15) is 0 Å². The Hall–Kier alpha value is -9.00. The first kappa shape index (κ1) is 43.3. The molecule has 2 heterocycles. The summed E-state index contributed by atoms with van der Waals surface area (Å²) in [5, 5.41) is 0. The van der Waals surface area contributed by atoms with Crippen LogP contribution in [-0.4, -0.2) is 19.9 Å². The predicted octanol–water partition coefficient (Wildman–Crippen LogP) is 16.9. The van der Waals surface area contributed by atoms with Crippen LogP contribution in [-0.2, 0) is 5.41 Å². The molecule has 0 N–H and O–H groups in total. The van der Waals surface area contributed by atoms with Crippen LogP contribution in [0.2, 0.25) is 0 Å². The fraction of sp³-hybridized carbons (Fsp3) is 0.0769. The third-order valence-corrected chi connectivity index (χ3v) is 13.8. The molecule has 0 radical (unpaired) electrons. The molecule has 2 aliphatic carbocycles. The topological polar surface area (TPSA) is 58.0 Å². The number of anilines is 6. The lowest BCUT2D eigenvalue weighted by Crippen LogP contribution is -2.18. The van der Waals surface area contributed by atoms with Gasteiger partial charge in [-0.25, -0.2) is 24.8 Å². The normalized spacial score (nSPS) is 13.4. The molecule has 0 amide bonds. The minimum Gasteiger partial charge on any atom is -0.310 e. The van der Waals surface area contributed by atoms with E-state index >= 15 is 0 Å². The van der Waals surface area contributed by atoms with E-state index in [2.05, 4.69) is 189 Å². The van der Waals surface area contributed by atoms with Crippen LogP contribution in [0.5, 0.6) is 0 Å². The lowest BCUT2D eigenvalue weighted by molar-refractivity contribution is 0.607. The number of benzene rings is 8. The Kier molecular flexibility index (Phi) is 11.3. The molecule has 0 atom stereocenters. The van der Waals surface area contributed by atoms with Gasteiger partial charge in [-0.05, 0) is 101 Å². The molecule has 12 rings (SSSR count). The third kappa shape index (κ3) is 8.40. The van der Waals surface area contributed by atoms with Crippen LogP contribution >= 0.6 is 0 Å². The van der Waals surface area contributed by atoms with Gasteiger partial charge in [0, 0.05) is 44.7 Å². The fourth-order valence-corrected chi connectivity index (χ4v) is 10.2. The van der Waals surface area contributed by atoms with Crippen molar-refractivity contribution in [3.05, 3.63) is 259 Å². The van der Waals surface area contributed by atoms with Crippen molar-refractivity contribution >= 4 is 40.2 Å². The average Bonchev–Trinajstić information content (AvgIpc) is 3.67. The zero-order valence-corrected chi connectivity index (χ0v) is 39.7. The molecule has 340 valence electrons. The van der Waals surface area contributed by atoms with Crippen molar-refractivity contribution < 1.29 is 0 Å². The number of hydrogen-bond donors (Lipinski definition) is 0. The van der Waals surface area contributed by atoms with Crippen LogP contribution in [0.4, 0.5) is 34.6 Å². The second-order valence-electron chi connectivity index (χ2n) is 18.6. The first-order valence-electron chi connectivity index (χ1n) is 24.4. The van der Waals surface area contributed by atoms with Crippen molar-refractivity contribution in [3.8, 4) is 56.2 Å². The van der Waals surface area contributed by atoms with Gasteiger partial charge >= 0.3 is 0 Å². The van der Waals surface area contributed by atoms with E-state index in [0.29, 0.717) is 11.9 Å². The van der Waals surface area contributed by atoms with E-state index in [0.717, 1.165) is 91.7 Å². The quantitative estimate of drug-likeness (QED) is 0.129. The lowest BCUT2D eigenvalue weighted by atomic mass is 9.78. The molecule has 0 fully saturated rings. The van der Waals surface area contributed by atoms with Gasteiger partial charge in [-0.15, -0.1) is 0 Å². The van der Waals surface area contributed by atoms with Gasteiger partial charge < -0.3 is 4.90 Å². The highest BCUT2D eigenvalue weighted by molar-refractivity contribution is 5.90. The minimum atomic E-state index is -0.0552. The van der Waals surface area contributed by atoms with Crippen LogP contribution in [0.25, 0.3) is 61.7 Å². The summed E-state index contributed by atoms with van der Waals surface area (Å²) in [6.45, 7) is 4.77. The van der Waals surface area contributed by atoms with Gasteiger partial charge in [0.05, 0.1) is 28.5 Å². The Morgan fingerprint density at radius 3 is 1.23 bits per heavy atom. The second kappa shape index (κ2) is 18.5. The summed E-state index contributed by atoms with van der Waals surface area (Å²) in [6, 6.07) is 80.4. The summed E-state index contributed by atoms with van der Waals surface area (Å²) in [4.78, 5) is 25.9. The first-order chi connectivity index (χ1) is 34.9. The van der Waals surface area contributed by atoms with Crippen molar-refractivity contribution in [1.29, 1.82) is 0 Å². The smallest absolute Gasteiger partial charge is 0.238 e. The molecule has 10 aromatic rings. The van der Waals surface area contributed by atoms with Crippen LogP contribution in [0.3, 0.4) is 0 Å². The molecule has 0 unspecified atom stereocenters. The highest BCUT2D eigenvalue weighted by atomic mass is 15.3. The van der Waals surface area contributed by atoms with Crippen LogP contribution in [0.1, 0.15) is 37.8 Å². The summed E-state index contributed by atoms with van der Waals surface area (Å²) in [6.07, 6.45) is 6.85. The number of hydrogen-bond acceptors (Lipinski definition) is 6. The van der Waals surface area contributed by atoms with E-state index in [4.69, 9.17) is 19.9 Å². The van der Waals surface area contributed by atoms with E-state index in [1.165, 1.54) is 22.3 Å². The van der Waals surface area contributed by atoms with E-state index in [1.54, 1.807) is 0 Å². The summed E-state index contributed by atoms with van der Waals surface area (Å²) < 4.78 is 0. The lowest BCUT2D eigenvalue weighted by Gasteiger charge is -2.29. The molecule has 0 bridgehead atoms. The summed E-state index contributed by atoms with van der Waals surface area (Å²) in [5.74, 6) is 0.892. The fourth-order valence-electron chi connectivity index (χ4n) is 10.2. The van der Waals surface area contributed by atoms with E-state index in [-0.39, 0.29) is 5.41 Å². The maximum atomic E-state index is 5.37. The number of aromatic nitrogens is 4. The Bertz CT molecular complexity index is 3370. The maximum absolute atomic E-state index is 5.37. The summed E-state index contributed by atoms with van der Waals surface area (Å²) in [5.41, 5.74) is 18.8. The minimum absolute atomic E-state index is 0.0552. The first-order valence-corrected chi connectivity index (χ1v) is 24.4. The number of para-hydroxylation sites is 1. The molecular formula is C65H50N6. The van der Waals surface area contributed by atoms with Crippen molar-refractivity contribution in [1.82, 2.24) is 19.9 Å². The largest absolute Gasteiger partial charge is 0.310 e. The van der Waals surface area contributed by atoms with Crippen molar-refractivity contribution in [2.75, 3.05) is 9.80 Å². The highest BCUT2D eigenvalue weighted by Gasteiger charge is 2.38. The van der Waals surface area contributed by atoms with Gasteiger partial charge in [-0.2, -0.15) is 0 Å². The number of fused-ring (bicyclic) bond motifs is 2. The van der Waals surface area contributed by atoms with Crippen LogP contribution in [0, 0.1) is 0 Å². The van der Waals surface area contributed by atoms with Gasteiger partial charge in [0.1, 0.15) is 0 Å². The molecule has 6 heteroatoms. The molecule has 0 spiro atoms. The molecular weight excluding hydrogens is 865 g/mol. The zero-order valence-electron chi connectivity index (χ0n) is 39.7. The van der Waals surface area contributed by atoms with E-state index in [1.807, 2.05) is 77.7 Å². The molecule has 0 saturated carbocycles. The van der Waals surface area contributed by atoms with Gasteiger partial charge in [0.25, 0.3) is 0 Å². The SMILES string of the molecule is CC1(C)C2=C(C=CCC2)c2ccc(N(c3ccccc3)c3cccc(-c4cccc(N(c5nc(-c6ccccc6)cc(-c6ccccc6)n5)c5nc(-c6ccccc6)cc(-c6ccccc6)n5)c4)c3)cc21. The molecule has 0 aliphatic heterocycles. The van der Waals surface area contributed by atoms with Crippen LogP contribution in [0.15, 0.2) is 248 Å². The molecule has 71 heavy (non-hydrogen) atoms. The van der Waals surface area contributed by atoms with Gasteiger partial charge in [-0.3, -0.25) is 0 Å². The summed E-state index contributed by atoms with van der Waals surface area (Å²) in [7, 11) is 0. The second-order valence-corrected chi connectivity index (χ2v) is 18.6. The Morgan fingerprint density at radius 2 is 0.761 bits per heavy atom.